The zero-order valence-electron chi connectivity index (χ0n) is 41.2. The van der Waals surface area contributed by atoms with Gasteiger partial charge in [0.2, 0.25) is 5.91 Å². The molecule has 3 atom stereocenters. The summed E-state index contributed by atoms with van der Waals surface area (Å²) in [4.78, 5) is 97.6. The number of methoxy groups -OCH3 is 2. The second kappa shape index (κ2) is 20.9. The van der Waals surface area contributed by atoms with E-state index in [1.807, 2.05) is 39.0 Å². The number of nitrogens with zero attached hydrogens (tertiary/aromatic N) is 2. The minimum atomic E-state index is -1.35. The van der Waals surface area contributed by atoms with Crippen LogP contribution in [-0.2, 0) is 60.6 Å². The van der Waals surface area contributed by atoms with Gasteiger partial charge in [0.1, 0.15) is 17.2 Å². The molecule has 0 saturated carbocycles. The molecule has 3 aromatic rings. The number of allylic oxidation sites excluding steroid dienone is 1. The number of aromatic nitrogens is 4. The fourth-order valence-corrected chi connectivity index (χ4v) is 8.46. The molecule has 0 fully saturated rings. The highest BCUT2D eigenvalue weighted by Crippen LogP contribution is 2.44. The van der Waals surface area contributed by atoms with Crippen molar-refractivity contribution in [3.8, 4) is 0 Å². The smallest absolute Gasteiger partial charge is 0.329 e. The largest absolute Gasteiger partial charge is 0.469 e. The molecule has 0 aliphatic carbocycles. The second-order valence-electron chi connectivity index (χ2n) is 19.0. The molecule has 16 nitrogen and oxygen atoms in total. The molecule has 3 aromatic heterocycles. The summed E-state index contributed by atoms with van der Waals surface area (Å²) in [6.07, 6.45) is 1.83. The summed E-state index contributed by atoms with van der Waals surface area (Å²) in [6, 6.07) is 4.56. The van der Waals surface area contributed by atoms with Gasteiger partial charge in [-0.15, -0.1) is 0 Å². The average molecular weight is 923 g/mol. The van der Waals surface area contributed by atoms with Gasteiger partial charge in [0, 0.05) is 70.1 Å². The molecule has 67 heavy (non-hydrogen) atoms. The predicted octanol–water partition coefficient (Wildman–Crippen LogP) is 7.69. The maximum absolute atomic E-state index is 14.6. The van der Waals surface area contributed by atoms with Gasteiger partial charge in [-0.1, -0.05) is 26.5 Å². The van der Waals surface area contributed by atoms with Crippen LogP contribution >= 0.6 is 0 Å². The molecule has 2 aliphatic heterocycles. The number of esters is 4. The summed E-state index contributed by atoms with van der Waals surface area (Å²) in [5, 5.41) is 5.44. The highest BCUT2D eigenvalue weighted by atomic mass is 16.6. The van der Waals surface area contributed by atoms with E-state index in [2.05, 4.69) is 40.2 Å². The third-order valence-corrected chi connectivity index (χ3v) is 11.9. The quantitative estimate of drug-likeness (QED) is 0.0852. The number of carbonyl (C=O) groups is 6. The van der Waals surface area contributed by atoms with Crippen LogP contribution in [0.3, 0.4) is 0 Å². The zero-order valence-corrected chi connectivity index (χ0v) is 41.2. The Morgan fingerprint density at radius 1 is 0.806 bits per heavy atom. The lowest BCUT2D eigenvalue weighted by atomic mass is 9.84. The van der Waals surface area contributed by atoms with Crippen molar-refractivity contribution in [2.24, 2.45) is 0 Å². The van der Waals surface area contributed by atoms with Crippen LogP contribution in [0.4, 0.5) is 0 Å². The lowest BCUT2D eigenvalue weighted by Gasteiger charge is -2.25. The van der Waals surface area contributed by atoms with Crippen molar-refractivity contribution in [1.82, 2.24) is 30.6 Å². The molecule has 4 N–H and O–H groups in total. The van der Waals surface area contributed by atoms with Gasteiger partial charge in [-0.2, -0.15) is 0 Å². The molecule has 8 bridgehead atoms. The summed E-state index contributed by atoms with van der Waals surface area (Å²) >= 11 is 0. The summed E-state index contributed by atoms with van der Waals surface area (Å²) in [5.74, 6) is -4.42. The number of hydrogen-bond acceptors (Lipinski definition) is 12. The summed E-state index contributed by atoms with van der Waals surface area (Å²) in [7, 11) is 2.60. The minimum absolute atomic E-state index is 0.0626. The number of rotatable bonds is 15. The molecule has 5 heterocycles. The van der Waals surface area contributed by atoms with Gasteiger partial charge < -0.3 is 39.5 Å². The van der Waals surface area contributed by atoms with Gasteiger partial charge >= 0.3 is 23.9 Å². The Labute approximate surface area is 392 Å². The molecule has 16 heteroatoms. The van der Waals surface area contributed by atoms with Crippen LogP contribution in [0.25, 0.3) is 39.3 Å². The fourth-order valence-electron chi connectivity index (χ4n) is 8.46. The molecule has 360 valence electrons. The van der Waals surface area contributed by atoms with E-state index in [1.54, 1.807) is 48.5 Å². The maximum atomic E-state index is 14.6. The van der Waals surface area contributed by atoms with Crippen LogP contribution < -0.4 is 10.6 Å². The Balaban J connectivity index is 1.68. The topological polar surface area (TPSA) is 221 Å². The SMILES string of the molecule is C=Cc1c(C)c2cc3nc(c(CC(=O)OC)c4nc(cc5[nH]c(cc1[nH]2)c(C)c5CC)C(C)=C4C(=O)NCCC(=O)N[C@@H](CC(=O)OC(C)(C)C)C(=O)OC(C)(C)C)[C@@H](CCC(=O)OC)[C@@H]3C. The fraction of sp³-hybridized carbons (Fsp3) is 0.490. The molecular formula is C51H66N6O10. The van der Waals surface area contributed by atoms with Gasteiger partial charge in [0.25, 0.3) is 5.91 Å². The summed E-state index contributed by atoms with van der Waals surface area (Å²) < 4.78 is 21.2. The number of H-pyrrole nitrogens is 2. The number of hydrogen-bond donors (Lipinski definition) is 4. The zero-order chi connectivity index (χ0) is 49.7. The van der Waals surface area contributed by atoms with Crippen molar-refractivity contribution in [3.63, 3.8) is 0 Å². The van der Waals surface area contributed by atoms with Crippen molar-refractivity contribution < 1.29 is 47.7 Å². The van der Waals surface area contributed by atoms with E-state index in [1.165, 1.54) is 14.2 Å². The minimum Gasteiger partial charge on any atom is -0.469 e. The Morgan fingerprint density at radius 3 is 2.06 bits per heavy atom. The summed E-state index contributed by atoms with van der Waals surface area (Å²) in [5.41, 5.74) is 8.34. The van der Waals surface area contributed by atoms with Crippen LogP contribution in [0.1, 0.15) is 150 Å². The number of aromatic amines is 2. The second-order valence-corrected chi connectivity index (χ2v) is 19.0. The van der Waals surface area contributed by atoms with E-state index in [0.717, 1.165) is 44.3 Å². The molecule has 0 saturated heterocycles. The highest BCUT2D eigenvalue weighted by molar-refractivity contribution is 6.27. The van der Waals surface area contributed by atoms with Crippen LogP contribution in [0.2, 0.25) is 0 Å². The first-order valence-electron chi connectivity index (χ1n) is 22.7. The maximum Gasteiger partial charge on any atom is 0.329 e. The van der Waals surface area contributed by atoms with Gasteiger partial charge in [-0.25, -0.2) is 9.78 Å². The van der Waals surface area contributed by atoms with Crippen molar-refractivity contribution in [2.75, 3.05) is 20.8 Å². The Hall–Kier alpha value is -6.58. The van der Waals surface area contributed by atoms with E-state index in [0.29, 0.717) is 41.1 Å². The molecule has 2 amide bonds. The Morgan fingerprint density at radius 2 is 1.45 bits per heavy atom. The van der Waals surface area contributed by atoms with Crippen molar-refractivity contribution >= 4 is 75.0 Å². The van der Waals surface area contributed by atoms with Crippen molar-refractivity contribution in [1.29, 1.82) is 0 Å². The van der Waals surface area contributed by atoms with E-state index in [4.69, 9.17) is 28.9 Å². The Kier molecular flexibility index (Phi) is 16.1. The van der Waals surface area contributed by atoms with Crippen LogP contribution in [0.5, 0.6) is 0 Å². The van der Waals surface area contributed by atoms with Crippen LogP contribution in [0.15, 0.2) is 24.8 Å². The van der Waals surface area contributed by atoms with E-state index >= 15 is 0 Å². The lowest BCUT2D eigenvalue weighted by Crippen LogP contribution is -2.46. The first-order valence-corrected chi connectivity index (χ1v) is 22.7. The van der Waals surface area contributed by atoms with Gasteiger partial charge in [-0.05, 0) is 116 Å². The van der Waals surface area contributed by atoms with E-state index in [-0.39, 0.29) is 43.0 Å². The Bertz CT molecular complexity index is 2670. The van der Waals surface area contributed by atoms with E-state index in [9.17, 15) is 28.8 Å². The number of nitrogens with one attached hydrogen (secondary N) is 4. The van der Waals surface area contributed by atoms with Gasteiger partial charge in [0.05, 0.1) is 49.7 Å². The standard InChI is InChI=1S/C51H66N6O10/c1-15-30-26(3)34-22-36-28(5)32(17-18-42(59)64-13)46(56-36)33(21-43(60)65-14)47-45(29(6)37(57-47)24-39-31(16-2)27(4)35(54-39)23-38(30)53-34)48(62)52-20-19-41(58)55-40(49(63)67-51(10,11)12)25-44(61)66-50(7,8)9/h15,22-24,28,32,40,53-54H,1,16-21,25H2,2-14H3,(H,52,62)(H,55,58)/t28-,32-,40-/m0/s1. The average Bonchev–Trinajstić information content (AvgIpc) is 3.92. The van der Waals surface area contributed by atoms with Gasteiger partial charge in [-0.3, -0.25) is 29.0 Å². The van der Waals surface area contributed by atoms with Crippen LogP contribution in [0, 0.1) is 13.8 Å². The third-order valence-electron chi connectivity index (χ3n) is 11.9. The third kappa shape index (κ3) is 12.3. The molecule has 0 unspecified atom stereocenters. The number of aryl methyl sites for hydroxylation is 3. The molecule has 0 radical (unpaired) electrons. The number of amides is 2. The van der Waals surface area contributed by atoms with Crippen molar-refractivity contribution in [3.05, 3.63) is 75.4 Å². The number of ether oxygens (including phenoxy) is 4. The van der Waals surface area contributed by atoms with Crippen molar-refractivity contribution in [2.45, 2.75) is 144 Å². The number of fused-ring (bicyclic) bond motifs is 8. The predicted molar refractivity (Wildman–Crippen MR) is 256 cm³/mol. The molecule has 0 spiro atoms. The van der Waals surface area contributed by atoms with Crippen LogP contribution in [-0.4, -0.2) is 93.6 Å². The highest BCUT2D eigenvalue weighted by Gasteiger charge is 2.36. The molecule has 2 aliphatic rings. The monoisotopic (exact) mass is 922 g/mol. The first kappa shape index (κ1) is 51.4. The van der Waals surface area contributed by atoms with Gasteiger partial charge in [0.15, 0.2) is 0 Å². The normalized spacial score (nSPS) is 15.4. The molecule has 5 rings (SSSR count). The van der Waals surface area contributed by atoms with E-state index < -0.39 is 65.3 Å². The summed E-state index contributed by atoms with van der Waals surface area (Å²) in [6.45, 7) is 23.9. The first-order chi connectivity index (χ1) is 31.4. The molecule has 0 aromatic carbocycles. The molecular weight excluding hydrogens is 857 g/mol. The number of carbonyl (C=O) groups excluding carboxylic acids is 6. The lowest BCUT2D eigenvalue weighted by molar-refractivity contribution is -0.165.